The van der Waals surface area contributed by atoms with Crippen LogP contribution in [0.5, 0.6) is 5.75 Å². The van der Waals surface area contributed by atoms with Crippen molar-refractivity contribution in [1.29, 1.82) is 0 Å². The number of sulfonamides is 2. The molecule has 0 saturated carbocycles. The van der Waals surface area contributed by atoms with Crippen LogP contribution in [0.25, 0.3) is 0 Å². The zero-order valence-electron chi connectivity index (χ0n) is 17.7. The SMILES string of the molecule is CCN(c1ccccc1)S(=O)(=O)c1ccc(OC)c(NS(=O)(=O)c2ccccc2[N+](=O)[O-])c1. The molecular weight excluding hydrogens is 470 g/mol. The lowest BCUT2D eigenvalue weighted by Gasteiger charge is -2.23. The van der Waals surface area contributed by atoms with E-state index in [0.717, 1.165) is 18.2 Å². The molecule has 0 bridgehead atoms. The molecule has 3 aromatic carbocycles. The summed E-state index contributed by atoms with van der Waals surface area (Å²) in [6.45, 7) is 1.81. The Hall–Kier alpha value is -3.64. The van der Waals surface area contributed by atoms with E-state index in [4.69, 9.17) is 4.74 Å². The predicted molar refractivity (Wildman–Crippen MR) is 124 cm³/mol. The second-order valence-corrected chi connectivity index (χ2v) is 10.2. The first-order chi connectivity index (χ1) is 15.6. The van der Waals surface area contributed by atoms with Gasteiger partial charge in [0.1, 0.15) is 5.75 Å². The third-order valence-corrected chi connectivity index (χ3v) is 8.00. The van der Waals surface area contributed by atoms with Gasteiger partial charge in [-0.2, -0.15) is 0 Å². The number of ether oxygens (including phenoxy) is 1. The first kappa shape index (κ1) is 24.0. The van der Waals surface area contributed by atoms with E-state index in [0.29, 0.717) is 5.69 Å². The largest absolute Gasteiger partial charge is 0.495 e. The first-order valence-corrected chi connectivity index (χ1v) is 12.6. The summed E-state index contributed by atoms with van der Waals surface area (Å²) in [5.41, 5.74) is -0.354. The van der Waals surface area contributed by atoms with Crippen molar-refractivity contribution in [3.63, 3.8) is 0 Å². The molecule has 0 aliphatic rings. The van der Waals surface area contributed by atoms with E-state index in [9.17, 15) is 26.9 Å². The van der Waals surface area contributed by atoms with Crippen molar-refractivity contribution in [2.24, 2.45) is 0 Å². The number of rotatable bonds is 9. The summed E-state index contributed by atoms with van der Waals surface area (Å²) in [5.74, 6) is 0.0406. The van der Waals surface area contributed by atoms with E-state index in [1.54, 1.807) is 37.3 Å². The van der Waals surface area contributed by atoms with Crippen LogP contribution in [0.15, 0.2) is 82.6 Å². The Balaban J connectivity index is 2.07. The van der Waals surface area contributed by atoms with Crippen LogP contribution in [0.3, 0.4) is 0 Å². The summed E-state index contributed by atoms with van der Waals surface area (Å²) < 4.78 is 61.1. The van der Waals surface area contributed by atoms with Crippen LogP contribution < -0.4 is 13.8 Å². The number of nitro benzene ring substituents is 1. The van der Waals surface area contributed by atoms with Gasteiger partial charge in [-0.1, -0.05) is 30.3 Å². The highest BCUT2D eigenvalue weighted by Gasteiger charge is 2.28. The standard InChI is InChI=1S/C21H21N3O7S2/c1-3-23(16-9-5-4-6-10-16)33(29,30)17-13-14-20(31-2)18(15-17)22-32(27,28)21-12-8-7-11-19(21)24(25)26/h4-15,22H,3H2,1-2H3. The fraction of sp³-hybridized carbons (Fsp3) is 0.143. The van der Waals surface area contributed by atoms with Gasteiger partial charge in [0.25, 0.3) is 25.7 Å². The van der Waals surface area contributed by atoms with Crippen LogP contribution in [0.2, 0.25) is 0 Å². The molecule has 10 nitrogen and oxygen atoms in total. The Morgan fingerprint density at radius 3 is 2.21 bits per heavy atom. The molecule has 1 N–H and O–H groups in total. The number of nitrogens with zero attached hydrogens (tertiary/aromatic N) is 2. The monoisotopic (exact) mass is 491 g/mol. The molecule has 0 saturated heterocycles. The average Bonchev–Trinajstić information content (AvgIpc) is 2.79. The summed E-state index contributed by atoms with van der Waals surface area (Å²) in [4.78, 5) is 9.71. The summed E-state index contributed by atoms with van der Waals surface area (Å²) in [5, 5.41) is 11.3. The second-order valence-electron chi connectivity index (χ2n) is 6.70. The third-order valence-electron chi connectivity index (χ3n) is 4.69. The predicted octanol–water partition coefficient (Wildman–Crippen LogP) is 3.62. The molecule has 0 aliphatic carbocycles. The van der Waals surface area contributed by atoms with Crippen molar-refractivity contribution in [1.82, 2.24) is 0 Å². The summed E-state index contributed by atoms with van der Waals surface area (Å²) in [6.07, 6.45) is 0. The number of hydrogen-bond acceptors (Lipinski definition) is 7. The molecule has 0 amide bonds. The van der Waals surface area contributed by atoms with Crippen molar-refractivity contribution >= 4 is 37.1 Å². The molecule has 174 valence electrons. The lowest BCUT2D eigenvalue weighted by Crippen LogP contribution is -2.30. The smallest absolute Gasteiger partial charge is 0.289 e. The molecule has 33 heavy (non-hydrogen) atoms. The molecule has 0 spiro atoms. The summed E-state index contributed by atoms with van der Waals surface area (Å²) >= 11 is 0. The number of anilines is 2. The minimum atomic E-state index is -4.44. The molecule has 0 atom stereocenters. The van der Waals surface area contributed by atoms with Gasteiger partial charge in [-0.25, -0.2) is 16.8 Å². The maximum atomic E-state index is 13.3. The van der Waals surface area contributed by atoms with Crippen molar-refractivity contribution < 1.29 is 26.5 Å². The van der Waals surface area contributed by atoms with Gasteiger partial charge in [-0.15, -0.1) is 0 Å². The minimum absolute atomic E-state index is 0.0406. The highest BCUT2D eigenvalue weighted by molar-refractivity contribution is 7.93. The van der Waals surface area contributed by atoms with Gasteiger partial charge in [-0.3, -0.25) is 19.1 Å². The topological polar surface area (TPSA) is 136 Å². The summed E-state index contributed by atoms with van der Waals surface area (Å²) in [7, 11) is -7.21. The van der Waals surface area contributed by atoms with Crippen molar-refractivity contribution in [3.05, 3.63) is 82.9 Å². The van der Waals surface area contributed by atoms with Gasteiger partial charge in [0.2, 0.25) is 0 Å². The molecule has 12 heteroatoms. The van der Waals surface area contributed by atoms with Crippen molar-refractivity contribution in [3.8, 4) is 5.75 Å². The van der Waals surface area contributed by atoms with Crippen molar-refractivity contribution in [2.45, 2.75) is 16.7 Å². The highest BCUT2D eigenvalue weighted by atomic mass is 32.2. The van der Waals surface area contributed by atoms with Crippen LogP contribution in [0.4, 0.5) is 17.1 Å². The Morgan fingerprint density at radius 1 is 0.970 bits per heavy atom. The molecule has 3 rings (SSSR count). The fourth-order valence-electron chi connectivity index (χ4n) is 3.18. The number of nitrogens with one attached hydrogen (secondary N) is 1. The minimum Gasteiger partial charge on any atom is -0.495 e. The Bertz CT molecular complexity index is 1380. The average molecular weight is 492 g/mol. The van der Waals surface area contributed by atoms with Crippen LogP contribution in [-0.4, -0.2) is 35.4 Å². The van der Waals surface area contributed by atoms with Crippen LogP contribution >= 0.6 is 0 Å². The van der Waals surface area contributed by atoms with Gasteiger partial charge >= 0.3 is 0 Å². The van der Waals surface area contributed by atoms with Crippen LogP contribution in [-0.2, 0) is 20.0 Å². The van der Waals surface area contributed by atoms with E-state index in [1.165, 1.54) is 35.7 Å². The number of para-hydroxylation sites is 2. The van der Waals surface area contributed by atoms with E-state index in [1.807, 2.05) is 0 Å². The van der Waals surface area contributed by atoms with Gasteiger partial charge in [0.05, 0.1) is 28.3 Å². The Kier molecular flexibility index (Phi) is 6.89. The molecule has 0 aliphatic heterocycles. The number of methoxy groups -OCH3 is 1. The van der Waals surface area contributed by atoms with Crippen LogP contribution in [0.1, 0.15) is 6.92 Å². The maximum absolute atomic E-state index is 13.3. The maximum Gasteiger partial charge on any atom is 0.289 e. The van der Waals surface area contributed by atoms with Gasteiger partial charge in [0, 0.05) is 12.6 Å². The van der Waals surface area contributed by atoms with Gasteiger partial charge in [-0.05, 0) is 43.3 Å². The van der Waals surface area contributed by atoms with E-state index in [2.05, 4.69) is 4.72 Å². The second kappa shape index (κ2) is 9.46. The summed E-state index contributed by atoms with van der Waals surface area (Å²) in [6, 6.07) is 17.0. The molecule has 0 heterocycles. The van der Waals surface area contributed by atoms with E-state index >= 15 is 0 Å². The van der Waals surface area contributed by atoms with E-state index in [-0.39, 0.29) is 22.9 Å². The number of nitro groups is 1. The molecular formula is C21H21N3O7S2. The van der Waals surface area contributed by atoms with Gasteiger partial charge in [0.15, 0.2) is 4.90 Å². The zero-order valence-corrected chi connectivity index (χ0v) is 19.3. The lowest BCUT2D eigenvalue weighted by atomic mass is 10.3. The Morgan fingerprint density at radius 2 is 1.61 bits per heavy atom. The lowest BCUT2D eigenvalue weighted by molar-refractivity contribution is -0.387. The highest BCUT2D eigenvalue weighted by Crippen LogP contribution is 2.33. The molecule has 0 fully saturated rings. The molecule has 0 aromatic heterocycles. The Labute approximate surface area is 191 Å². The fourth-order valence-corrected chi connectivity index (χ4v) is 5.91. The molecule has 0 unspecified atom stereocenters. The quantitative estimate of drug-likeness (QED) is 0.357. The van der Waals surface area contributed by atoms with E-state index < -0.39 is 35.6 Å². The third kappa shape index (κ3) is 4.91. The zero-order chi connectivity index (χ0) is 24.2. The molecule has 0 radical (unpaired) electrons. The first-order valence-electron chi connectivity index (χ1n) is 9.64. The molecule has 3 aromatic rings. The number of hydrogen-bond donors (Lipinski definition) is 1. The van der Waals surface area contributed by atoms with Crippen molar-refractivity contribution in [2.75, 3.05) is 22.7 Å². The van der Waals surface area contributed by atoms with Gasteiger partial charge < -0.3 is 4.74 Å². The van der Waals surface area contributed by atoms with Crippen LogP contribution in [0, 0.1) is 10.1 Å². The number of benzene rings is 3. The normalized spacial score (nSPS) is 11.6.